The highest BCUT2D eigenvalue weighted by Gasteiger charge is 2.10. The molecule has 3 rings (SSSR count). The number of hydrogen-bond acceptors (Lipinski definition) is 3. The van der Waals surface area contributed by atoms with Gasteiger partial charge in [0.1, 0.15) is 11.5 Å². The molecule has 0 atom stereocenters. The maximum absolute atomic E-state index is 12.0. The van der Waals surface area contributed by atoms with E-state index in [2.05, 4.69) is 10.6 Å². The number of halogens is 1. The van der Waals surface area contributed by atoms with Crippen molar-refractivity contribution in [2.75, 3.05) is 5.32 Å². The predicted octanol–water partition coefficient (Wildman–Crippen LogP) is 5.05. The van der Waals surface area contributed by atoms with E-state index in [-0.39, 0.29) is 6.03 Å². The number of carbonyl (C=O) groups excluding carboxylic acids is 1. The number of nitrogens with one attached hydrogen (secondary N) is 2. The van der Waals surface area contributed by atoms with Crippen LogP contribution in [0.5, 0.6) is 11.5 Å². The molecule has 5 nitrogen and oxygen atoms in total. The summed E-state index contributed by atoms with van der Waals surface area (Å²) >= 11 is 6.10. The van der Waals surface area contributed by atoms with Gasteiger partial charge in [0.15, 0.2) is 5.75 Å². The zero-order chi connectivity index (χ0) is 16.8. The Morgan fingerprint density at radius 2 is 1.75 bits per heavy atom. The summed E-state index contributed by atoms with van der Waals surface area (Å²) < 4.78 is 11.0. The highest BCUT2D eigenvalue weighted by atomic mass is 35.5. The van der Waals surface area contributed by atoms with Gasteiger partial charge in [0.05, 0.1) is 23.5 Å². The van der Waals surface area contributed by atoms with E-state index in [0.717, 1.165) is 0 Å². The molecule has 0 saturated heterocycles. The average Bonchev–Trinajstić information content (AvgIpc) is 3.10. The Kier molecular flexibility index (Phi) is 5.03. The lowest BCUT2D eigenvalue weighted by atomic mass is 10.3. The van der Waals surface area contributed by atoms with Crippen LogP contribution in [0.25, 0.3) is 0 Å². The minimum atomic E-state index is -0.360. The molecule has 2 aromatic carbocycles. The molecule has 0 aliphatic heterocycles. The Hall–Kier alpha value is -2.92. The van der Waals surface area contributed by atoms with Crippen molar-refractivity contribution >= 4 is 23.3 Å². The summed E-state index contributed by atoms with van der Waals surface area (Å²) in [5, 5.41) is 5.96. The number of para-hydroxylation sites is 3. The van der Waals surface area contributed by atoms with Gasteiger partial charge in [-0.2, -0.15) is 0 Å². The number of anilines is 1. The van der Waals surface area contributed by atoms with Gasteiger partial charge in [0.25, 0.3) is 0 Å². The molecule has 0 aliphatic carbocycles. The smallest absolute Gasteiger partial charge is 0.319 e. The summed E-state index contributed by atoms with van der Waals surface area (Å²) in [5.41, 5.74) is 0.536. The average molecular weight is 343 g/mol. The van der Waals surface area contributed by atoms with Crippen molar-refractivity contribution in [1.82, 2.24) is 5.32 Å². The van der Waals surface area contributed by atoms with Crippen LogP contribution in [0.3, 0.4) is 0 Å². The Labute approximate surface area is 144 Å². The van der Waals surface area contributed by atoms with Crippen LogP contribution in [0, 0.1) is 0 Å². The van der Waals surface area contributed by atoms with Gasteiger partial charge < -0.3 is 19.8 Å². The second-order valence-corrected chi connectivity index (χ2v) is 5.32. The van der Waals surface area contributed by atoms with Crippen molar-refractivity contribution in [3.8, 4) is 11.5 Å². The van der Waals surface area contributed by atoms with Crippen molar-refractivity contribution in [3.05, 3.63) is 77.7 Å². The summed E-state index contributed by atoms with van der Waals surface area (Å²) in [6.45, 7) is 0.298. The molecule has 0 bridgehead atoms. The van der Waals surface area contributed by atoms with E-state index < -0.39 is 0 Å². The van der Waals surface area contributed by atoms with E-state index >= 15 is 0 Å². The number of carbonyl (C=O) groups is 1. The van der Waals surface area contributed by atoms with E-state index in [0.29, 0.717) is 34.5 Å². The lowest BCUT2D eigenvalue weighted by molar-refractivity contribution is 0.250. The predicted molar refractivity (Wildman–Crippen MR) is 92.5 cm³/mol. The molecule has 0 fully saturated rings. The largest absolute Gasteiger partial charge is 0.467 e. The number of furan rings is 1. The van der Waals surface area contributed by atoms with E-state index in [1.54, 1.807) is 42.7 Å². The third-order valence-corrected chi connectivity index (χ3v) is 3.51. The molecule has 122 valence electrons. The first kappa shape index (κ1) is 16.0. The van der Waals surface area contributed by atoms with E-state index in [9.17, 15) is 4.79 Å². The maximum atomic E-state index is 12.0. The topological polar surface area (TPSA) is 63.5 Å². The van der Waals surface area contributed by atoms with Crippen molar-refractivity contribution in [1.29, 1.82) is 0 Å². The maximum Gasteiger partial charge on any atom is 0.319 e. The van der Waals surface area contributed by atoms with Gasteiger partial charge >= 0.3 is 6.03 Å². The van der Waals surface area contributed by atoms with Gasteiger partial charge in [0.2, 0.25) is 0 Å². The third-order valence-electron chi connectivity index (χ3n) is 3.20. The Bertz CT molecular complexity index is 819. The number of urea groups is 1. The van der Waals surface area contributed by atoms with Crippen LogP contribution >= 0.6 is 11.6 Å². The number of rotatable bonds is 5. The third kappa shape index (κ3) is 4.08. The van der Waals surface area contributed by atoms with Crippen molar-refractivity contribution in [2.45, 2.75) is 6.54 Å². The van der Waals surface area contributed by atoms with E-state index in [1.165, 1.54) is 0 Å². The zero-order valence-electron chi connectivity index (χ0n) is 12.7. The van der Waals surface area contributed by atoms with Crippen LogP contribution in [0.2, 0.25) is 5.02 Å². The molecule has 0 aliphatic rings. The summed E-state index contributed by atoms with van der Waals surface area (Å²) in [6.07, 6.45) is 1.56. The number of amides is 2. The highest BCUT2D eigenvalue weighted by Crippen LogP contribution is 2.33. The van der Waals surface area contributed by atoms with Crippen LogP contribution in [0.4, 0.5) is 10.5 Å². The van der Waals surface area contributed by atoms with Crippen LogP contribution in [-0.4, -0.2) is 6.03 Å². The molecule has 2 N–H and O–H groups in total. The molecular formula is C18H15ClN2O3. The Morgan fingerprint density at radius 1 is 1.00 bits per heavy atom. The van der Waals surface area contributed by atoms with Gasteiger partial charge in [-0.05, 0) is 36.4 Å². The van der Waals surface area contributed by atoms with E-state index in [4.69, 9.17) is 20.8 Å². The standard InChI is InChI=1S/C18H15ClN2O3/c19-14-7-1-3-9-16(14)24-17-10-4-2-8-15(17)21-18(22)20-12-13-6-5-11-23-13/h1-11H,12H2,(H2,20,21,22). The molecule has 0 spiro atoms. The van der Waals surface area contributed by atoms with Crippen molar-refractivity contribution in [3.63, 3.8) is 0 Å². The monoisotopic (exact) mass is 342 g/mol. The first-order chi connectivity index (χ1) is 11.7. The van der Waals surface area contributed by atoms with Crippen molar-refractivity contribution < 1.29 is 13.9 Å². The summed E-state index contributed by atoms with van der Waals surface area (Å²) in [4.78, 5) is 12.0. The fraction of sp³-hybridized carbons (Fsp3) is 0.0556. The number of ether oxygens (including phenoxy) is 1. The van der Waals surface area contributed by atoms with Crippen LogP contribution in [-0.2, 0) is 6.54 Å². The van der Waals surface area contributed by atoms with Gasteiger partial charge in [0, 0.05) is 0 Å². The molecule has 1 aromatic heterocycles. The second kappa shape index (κ2) is 7.57. The van der Waals surface area contributed by atoms with Crippen LogP contribution in [0.1, 0.15) is 5.76 Å². The quantitative estimate of drug-likeness (QED) is 0.682. The van der Waals surface area contributed by atoms with E-state index in [1.807, 2.05) is 24.3 Å². The van der Waals surface area contributed by atoms with Crippen LogP contribution in [0.15, 0.2) is 71.3 Å². The Balaban J connectivity index is 1.67. The lowest BCUT2D eigenvalue weighted by Gasteiger charge is -2.13. The molecule has 3 aromatic rings. The van der Waals surface area contributed by atoms with Gasteiger partial charge in [-0.25, -0.2) is 4.79 Å². The summed E-state index contributed by atoms with van der Waals surface area (Å²) in [6, 6.07) is 17.5. The molecule has 24 heavy (non-hydrogen) atoms. The summed E-state index contributed by atoms with van der Waals surface area (Å²) in [5.74, 6) is 1.69. The first-order valence-electron chi connectivity index (χ1n) is 7.31. The molecule has 0 unspecified atom stereocenters. The molecule has 2 amide bonds. The highest BCUT2D eigenvalue weighted by molar-refractivity contribution is 6.32. The normalized spacial score (nSPS) is 10.2. The van der Waals surface area contributed by atoms with Gasteiger partial charge in [-0.1, -0.05) is 35.9 Å². The molecule has 0 saturated carbocycles. The Morgan fingerprint density at radius 3 is 2.50 bits per heavy atom. The fourth-order valence-corrected chi connectivity index (χ4v) is 2.23. The van der Waals surface area contributed by atoms with Gasteiger partial charge in [-0.3, -0.25) is 0 Å². The number of hydrogen-bond donors (Lipinski definition) is 2. The minimum Gasteiger partial charge on any atom is -0.467 e. The first-order valence-corrected chi connectivity index (χ1v) is 7.69. The lowest BCUT2D eigenvalue weighted by Crippen LogP contribution is -2.28. The molecule has 0 radical (unpaired) electrons. The fourth-order valence-electron chi connectivity index (χ4n) is 2.05. The van der Waals surface area contributed by atoms with Crippen molar-refractivity contribution in [2.24, 2.45) is 0 Å². The SMILES string of the molecule is O=C(NCc1ccco1)Nc1ccccc1Oc1ccccc1Cl. The zero-order valence-corrected chi connectivity index (χ0v) is 13.4. The summed E-state index contributed by atoms with van der Waals surface area (Å²) in [7, 11) is 0. The van der Waals surface area contributed by atoms with Gasteiger partial charge in [-0.15, -0.1) is 0 Å². The number of benzene rings is 2. The molecule has 1 heterocycles. The van der Waals surface area contributed by atoms with Crippen LogP contribution < -0.4 is 15.4 Å². The molecular weight excluding hydrogens is 328 g/mol. The minimum absolute atomic E-state index is 0.298. The molecule has 6 heteroatoms. The second-order valence-electron chi connectivity index (χ2n) is 4.92.